The Balaban J connectivity index is 0.00000289. The standard InChI is InChI=1S/C11H10O6.K/c1-16-10(14)7-3-6(9(12)13)4-8(5-7)11(15)17-2;/h3-5H,1-2H3,(H,12,13);/q;+1/p-1. The van der Waals surface area contributed by atoms with Crippen LogP contribution in [0.4, 0.5) is 0 Å². The van der Waals surface area contributed by atoms with Gasteiger partial charge in [-0.15, -0.1) is 0 Å². The molecule has 0 amide bonds. The third-order valence-corrected chi connectivity index (χ3v) is 2.01. The molecule has 6 nitrogen and oxygen atoms in total. The molecule has 0 spiro atoms. The number of benzene rings is 1. The van der Waals surface area contributed by atoms with Crippen LogP contribution in [0.25, 0.3) is 0 Å². The van der Waals surface area contributed by atoms with Crippen LogP contribution >= 0.6 is 0 Å². The normalized spacial score (nSPS) is 9.00. The molecular formula is C11H9KO6. The van der Waals surface area contributed by atoms with Crippen LogP contribution in [0.5, 0.6) is 0 Å². The van der Waals surface area contributed by atoms with Gasteiger partial charge in [-0.05, 0) is 23.8 Å². The molecule has 1 rings (SSSR count). The third-order valence-electron chi connectivity index (χ3n) is 2.01. The summed E-state index contributed by atoms with van der Waals surface area (Å²) in [7, 11) is 2.29. The first-order valence-electron chi connectivity index (χ1n) is 4.52. The van der Waals surface area contributed by atoms with Gasteiger partial charge < -0.3 is 19.4 Å². The zero-order valence-corrected chi connectivity index (χ0v) is 13.3. The summed E-state index contributed by atoms with van der Waals surface area (Å²) in [5.74, 6) is -3.00. The molecule has 1 aromatic carbocycles. The van der Waals surface area contributed by atoms with Crippen molar-refractivity contribution in [2.45, 2.75) is 0 Å². The summed E-state index contributed by atoms with van der Waals surface area (Å²) in [4.78, 5) is 33.2. The van der Waals surface area contributed by atoms with E-state index in [9.17, 15) is 19.5 Å². The van der Waals surface area contributed by atoms with Gasteiger partial charge in [-0.25, -0.2) is 9.59 Å². The van der Waals surface area contributed by atoms with Gasteiger partial charge in [0, 0.05) is 0 Å². The first-order valence-corrected chi connectivity index (χ1v) is 4.52. The van der Waals surface area contributed by atoms with Gasteiger partial charge in [0.2, 0.25) is 0 Å². The Morgan fingerprint density at radius 3 is 1.50 bits per heavy atom. The van der Waals surface area contributed by atoms with Crippen LogP contribution in [-0.4, -0.2) is 32.1 Å². The molecule has 0 heterocycles. The predicted octanol–water partition coefficient (Wildman–Crippen LogP) is -3.37. The molecule has 0 aliphatic rings. The van der Waals surface area contributed by atoms with Crippen LogP contribution in [0.3, 0.4) is 0 Å². The summed E-state index contributed by atoms with van der Waals surface area (Å²) in [6.07, 6.45) is 0. The van der Waals surface area contributed by atoms with Crippen molar-refractivity contribution in [1.82, 2.24) is 0 Å². The van der Waals surface area contributed by atoms with E-state index < -0.39 is 17.9 Å². The number of esters is 2. The summed E-state index contributed by atoms with van der Waals surface area (Å²) >= 11 is 0. The van der Waals surface area contributed by atoms with E-state index in [-0.39, 0.29) is 68.1 Å². The Labute approximate surface area is 146 Å². The van der Waals surface area contributed by atoms with Crippen LogP contribution < -0.4 is 56.5 Å². The van der Waals surface area contributed by atoms with Gasteiger partial charge >= 0.3 is 63.3 Å². The molecule has 0 aromatic heterocycles. The second-order valence-corrected chi connectivity index (χ2v) is 3.07. The summed E-state index contributed by atoms with van der Waals surface area (Å²) in [5, 5.41) is 10.7. The van der Waals surface area contributed by atoms with E-state index in [1.54, 1.807) is 0 Å². The van der Waals surface area contributed by atoms with Gasteiger partial charge in [-0.3, -0.25) is 0 Å². The van der Waals surface area contributed by atoms with Crippen molar-refractivity contribution >= 4 is 17.9 Å². The summed E-state index contributed by atoms with van der Waals surface area (Å²) in [5.41, 5.74) is -0.419. The van der Waals surface area contributed by atoms with Gasteiger partial charge in [0.05, 0.1) is 31.3 Å². The monoisotopic (exact) mass is 276 g/mol. The Morgan fingerprint density at radius 2 is 1.22 bits per heavy atom. The van der Waals surface area contributed by atoms with E-state index in [1.807, 2.05) is 0 Å². The number of carboxylic acids is 1. The van der Waals surface area contributed by atoms with Crippen LogP contribution in [0.2, 0.25) is 0 Å². The molecule has 7 heteroatoms. The number of rotatable bonds is 3. The van der Waals surface area contributed by atoms with Gasteiger partial charge in [-0.1, -0.05) is 0 Å². The second kappa shape index (κ2) is 7.65. The predicted molar refractivity (Wildman–Crippen MR) is 53.5 cm³/mol. The van der Waals surface area contributed by atoms with E-state index in [0.717, 1.165) is 26.4 Å². The SMILES string of the molecule is COC(=O)c1cc(C(=O)[O-])cc(C(=O)OC)c1.[K+]. The molecule has 0 N–H and O–H groups in total. The number of aromatic carboxylic acids is 1. The molecular weight excluding hydrogens is 267 g/mol. The molecule has 90 valence electrons. The van der Waals surface area contributed by atoms with Gasteiger partial charge in [0.25, 0.3) is 0 Å². The molecule has 0 atom stereocenters. The van der Waals surface area contributed by atoms with E-state index in [0.29, 0.717) is 0 Å². The van der Waals surface area contributed by atoms with E-state index >= 15 is 0 Å². The maximum Gasteiger partial charge on any atom is 1.00 e. The van der Waals surface area contributed by atoms with Crippen LogP contribution in [0.15, 0.2) is 18.2 Å². The molecule has 0 aliphatic heterocycles. The van der Waals surface area contributed by atoms with Crippen molar-refractivity contribution in [3.63, 3.8) is 0 Å². The average Bonchev–Trinajstić information content (AvgIpc) is 2.36. The van der Waals surface area contributed by atoms with Crippen molar-refractivity contribution in [2.24, 2.45) is 0 Å². The van der Waals surface area contributed by atoms with Gasteiger partial charge in [0.15, 0.2) is 0 Å². The van der Waals surface area contributed by atoms with E-state index in [1.165, 1.54) is 6.07 Å². The minimum atomic E-state index is -1.50. The summed E-state index contributed by atoms with van der Waals surface area (Å²) < 4.78 is 8.87. The number of ether oxygens (including phenoxy) is 2. The fourth-order valence-corrected chi connectivity index (χ4v) is 1.22. The zero-order valence-electron chi connectivity index (χ0n) is 10.2. The quantitative estimate of drug-likeness (QED) is 0.422. The van der Waals surface area contributed by atoms with Crippen molar-refractivity contribution in [3.05, 3.63) is 34.9 Å². The maximum absolute atomic E-state index is 11.3. The second-order valence-electron chi connectivity index (χ2n) is 3.07. The molecule has 0 saturated carbocycles. The molecule has 1 aromatic rings. The van der Waals surface area contributed by atoms with Crippen LogP contribution in [0.1, 0.15) is 31.1 Å². The fraction of sp³-hybridized carbons (Fsp3) is 0.182. The van der Waals surface area contributed by atoms with Gasteiger partial charge in [0.1, 0.15) is 0 Å². The summed E-state index contributed by atoms with van der Waals surface area (Å²) in [6.45, 7) is 0. The molecule has 0 bridgehead atoms. The minimum absolute atomic E-state index is 0. The first-order chi connectivity index (χ1) is 7.99. The molecule has 0 radical (unpaired) electrons. The van der Waals surface area contributed by atoms with Gasteiger partial charge in [-0.2, -0.15) is 0 Å². The largest absolute Gasteiger partial charge is 1.00 e. The molecule has 0 aliphatic carbocycles. The Morgan fingerprint density at radius 1 is 0.889 bits per heavy atom. The number of carbonyl (C=O) groups is 3. The Kier molecular flexibility index (Phi) is 7.33. The number of carboxylic acid groups (broad SMARTS) is 1. The molecule has 0 unspecified atom stereocenters. The Hall–Kier alpha value is -0.734. The van der Waals surface area contributed by atoms with Crippen molar-refractivity contribution < 1.29 is 80.3 Å². The Bertz CT molecular complexity index is 448. The van der Waals surface area contributed by atoms with E-state index in [4.69, 9.17) is 0 Å². The summed E-state index contributed by atoms with van der Waals surface area (Å²) in [6, 6.07) is 3.31. The molecule has 0 saturated heterocycles. The molecule has 0 fully saturated rings. The van der Waals surface area contributed by atoms with E-state index in [2.05, 4.69) is 9.47 Å². The van der Waals surface area contributed by atoms with Crippen LogP contribution in [0, 0.1) is 0 Å². The first kappa shape index (κ1) is 17.3. The average molecular weight is 276 g/mol. The zero-order chi connectivity index (χ0) is 13.0. The van der Waals surface area contributed by atoms with Crippen molar-refractivity contribution in [1.29, 1.82) is 0 Å². The van der Waals surface area contributed by atoms with Crippen molar-refractivity contribution in [3.8, 4) is 0 Å². The minimum Gasteiger partial charge on any atom is -0.545 e. The molecule has 18 heavy (non-hydrogen) atoms. The fourth-order valence-electron chi connectivity index (χ4n) is 1.22. The van der Waals surface area contributed by atoms with Crippen molar-refractivity contribution in [2.75, 3.05) is 14.2 Å². The maximum atomic E-state index is 11.3. The van der Waals surface area contributed by atoms with Crippen LogP contribution in [-0.2, 0) is 9.47 Å². The number of methoxy groups -OCH3 is 2. The number of hydrogen-bond acceptors (Lipinski definition) is 6. The number of carbonyl (C=O) groups excluding carboxylic acids is 3. The number of hydrogen-bond donors (Lipinski definition) is 0. The topological polar surface area (TPSA) is 92.7 Å². The smallest absolute Gasteiger partial charge is 0.545 e. The third kappa shape index (κ3) is 4.18.